The highest BCUT2D eigenvalue weighted by Gasteiger charge is 2.10. The summed E-state index contributed by atoms with van der Waals surface area (Å²) in [5.41, 5.74) is 2.15. The number of halogens is 1. The van der Waals surface area contributed by atoms with Crippen LogP contribution in [0.1, 0.15) is 21.6 Å². The number of carbonyl (C=O) groups excluding carboxylic acids is 1. The zero-order valence-corrected chi connectivity index (χ0v) is 13.2. The second kappa shape index (κ2) is 7.04. The lowest BCUT2D eigenvalue weighted by Crippen LogP contribution is -2.06. The van der Waals surface area contributed by atoms with Gasteiger partial charge in [0.25, 0.3) is 0 Å². The molecular formula is C20H16FNO2. The van der Waals surface area contributed by atoms with E-state index >= 15 is 0 Å². The molecule has 120 valence electrons. The molecule has 1 aromatic heterocycles. The van der Waals surface area contributed by atoms with Gasteiger partial charge >= 0.3 is 0 Å². The minimum absolute atomic E-state index is 0.142. The molecule has 0 saturated heterocycles. The number of Topliss-reactive ketones (excluding diaryl/α,β-unsaturated/α-hetero) is 1. The lowest BCUT2D eigenvalue weighted by molar-refractivity contribution is 0.0987. The number of ether oxygens (including phenoxy) is 1. The number of benzene rings is 2. The van der Waals surface area contributed by atoms with Gasteiger partial charge in [-0.05, 0) is 48.4 Å². The summed E-state index contributed by atoms with van der Waals surface area (Å²) in [5.74, 6) is 0.574. The van der Waals surface area contributed by atoms with E-state index in [0.29, 0.717) is 17.3 Å². The van der Waals surface area contributed by atoms with Crippen molar-refractivity contribution in [1.29, 1.82) is 0 Å². The van der Waals surface area contributed by atoms with E-state index in [-0.39, 0.29) is 18.0 Å². The van der Waals surface area contributed by atoms with Gasteiger partial charge in [-0.2, -0.15) is 0 Å². The molecule has 0 amide bonds. The van der Waals surface area contributed by atoms with Crippen LogP contribution < -0.4 is 4.74 Å². The molecular weight excluding hydrogens is 305 g/mol. The van der Waals surface area contributed by atoms with Gasteiger partial charge in [-0.25, -0.2) is 9.37 Å². The van der Waals surface area contributed by atoms with E-state index in [4.69, 9.17) is 4.74 Å². The fraction of sp³-hybridized carbons (Fsp3) is 0.100. The summed E-state index contributed by atoms with van der Waals surface area (Å²) in [4.78, 5) is 16.6. The summed E-state index contributed by atoms with van der Waals surface area (Å²) in [6, 6.07) is 18.6. The second-order valence-corrected chi connectivity index (χ2v) is 5.51. The average molecular weight is 321 g/mol. The van der Waals surface area contributed by atoms with E-state index in [1.54, 1.807) is 30.3 Å². The molecule has 0 aliphatic heterocycles. The van der Waals surface area contributed by atoms with Gasteiger partial charge in [-0.3, -0.25) is 4.79 Å². The quantitative estimate of drug-likeness (QED) is 0.637. The molecule has 0 saturated carbocycles. The van der Waals surface area contributed by atoms with Crippen LogP contribution in [-0.2, 0) is 6.42 Å². The smallest absolute Gasteiger partial charge is 0.219 e. The zero-order chi connectivity index (χ0) is 16.9. The van der Waals surface area contributed by atoms with Crippen molar-refractivity contribution in [2.45, 2.75) is 13.3 Å². The Bertz CT molecular complexity index is 860. The maximum atomic E-state index is 12.9. The lowest BCUT2D eigenvalue weighted by Gasteiger charge is -2.07. The summed E-state index contributed by atoms with van der Waals surface area (Å²) in [6.45, 7) is 1.98. The van der Waals surface area contributed by atoms with Gasteiger partial charge in [0, 0.05) is 12.5 Å². The number of aromatic nitrogens is 1. The van der Waals surface area contributed by atoms with Crippen molar-refractivity contribution in [3.05, 3.63) is 89.4 Å². The van der Waals surface area contributed by atoms with Crippen molar-refractivity contribution in [3.63, 3.8) is 0 Å². The second-order valence-electron chi connectivity index (χ2n) is 5.51. The van der Waals surface area contributed by atoms with Crippen LogP contribution in [0, 0.1) is 12.7 Å². The van der Waals surface area contributed by atoms with Crippen LogP contribution in [0.3, 0.4) is 0 Å². The highest BCUT2D eigenvalue weighted by molar-refractivity contribution is 5.95. The van der Waals surface area contributed by atoms with Crippen molar-refractivity contribution in [1.82, 2.24) is 4.98 Å². The van der Waals surface area contributed by atoms with Crippen molar-refractivity contribution in [2.24, 2.45) is 0 Å². The SMILES string of the molecule is Cc1cccc(Oc2cccc(C(=O)Cc3ccc(F)cc3)n2)c1. The molecule has 0 N–H and O–H groups in total. The van der Waals surface area contributed by atoms with E-state index in [1.165, 1.54) is 12.1 Å². The largest absolute Gasteiger partial charge is 0.439 e. The predicted molar refractivity (Wildman–Crippen MR) is 89.9 cm³/mol. The molecule has 0 atom stereocenters. The first-order valence-corrected chi connectivity index (χ1v) is 7.59. The maximum absolute atomic E-state index is 12.9. The van der Waals surface area contributed by atoms with Crippen LogP contribution in [0.15, 0.2) is 66.7 Å². The van der Waals surface area contributed by atoms with Crippen molar-refractivity contribution < 1.29 is 13.9 Å². The minimum atomic E-state index is -0.321. The third kappa shape index (κ3) is 4.04. The topological polar surface area (TPSA) is 39.2 Å². The molecule has 0 fully saturated rings. The summed E-state index contributed by atoms with van der Waals surface area (Å²) in [7, 11) is 0. The Hall–Kier alpha value is -3.01. The van der Waals surface area contributed by atoms with E-state index in [2.05, 4.69) is 4.98 Å². The fourth-order valence-electron chi connectivity index (χ4n) is 2.30. The third-order valence-corrected chi connectivity index (χ3v) is 3.50. The van der Waals surface area contributed by atoms with Crippen LogP contribution in [0.4, 0.5) is 4.39 Å². The molecule has 2 aromatic carbocycles. The average Bonchev–Trinajstić information content (AvgIpc) is 2.57. The van der Waals surface area contributed by atoms with Crippen molar-refractivity contribution >= 4 is 5.78 Å². The number of aryl methyl sites for hydroxylation is 1. The Morgan fingerprint density at radius 3 is 2.54 bits per heavy atom. The zero-order valence-electron chi connectivity index (χ0n) is 13.2. The van der Waals surface area contributed by atoms with E-state index in [1.807, 2.05) is 31.2 Å². The molecule has 3 nitrogen and oxygen atoms in total. The van der Waals surface area contributed by atoms with Gasteiger partial charge in [0.2, 0.25) is 5.88 Å². The van der Waals surface area contributed by atoms with Gasteiger partial charge in [0.05, 0.1) is 0 Å². The van der Waals surface area contributed by atoms with E-state index < -0.39 is 0 Å². The Kier molecular flexibility index (Phi) is 4.66. The summed E-state index contributed by atoms with van der Waals surface area (Å²) in [5, 5.41) is 0. The lowest BCUT2D eigenvalue weighted by atomic mass is 10.1. The standard InChI is InChI=1S/C20H16FNO2/c1-14-4-2-5-17(12-14)24-20-7-3-6-18(22-20)19(23)13-15-8-10-16(21)11-9-15/h2-12H,13H2,1H3. The first-order chi connectivity index (χ1) is 11.6. The summed E-state index contributed by atoms with van der Waals surface area (Å²) >= 11 is 0. The monoisotopic (exact) mass is 321 g/mol. The number of hydrogen-bond donors (Lipinski definition) is 0. The number of rotatable bonds is 5. The van der Waals surface area contributed by atoms with Gasteiger partial charge in [-0.1, -0.05) is 30.3 Å². The highest BCUT2D eigenvalue weighted by atomic mass is 19.1. The van der Waals surface area contributed by atoms with Crippen molar-refractivity contribution in [3.8, 4) is 11.6 Å². The van der Waals surface area contributed by atoms with Gasteiger partial charge in [-0.15, -0.1) is 0 Å². The van der Waals surface area contributed by atoms with Crippen LogP contribution >= 0.6 is 0 Å². The Morgan fingerprint density at radius 1 is 1.04 bits per heavy atom. The van der Waals surface area contributed by atoms with Crippen molar-refractivity contribution in [2.75, 3.05) is 0 Å². The molecule has 24 heavy (non-hydrogen) atoms. The number of pyridine rings is 1. The Morgan fingerprint density at radius 2 is 1.79 bits per heavy atom. The normalized spacial score (nSPS) is 10.4. The third-order valence-electron chi connectivity index (χ3n) is 3.50. The maximum Gasteiger partial charge on any atom is 0.219 e. The van der Waals surface area contributed by atoms with Crippen LogP contribution in [-0.4, -0.2) is 10.8 Å². The van der Waals surface area contributed by atoms with Gasteiger partial charge < -0.3 is 4.74 Å². The molecule has 0 spiro atoms. The molecule has 0 unspecified atom stereocenters. The van der Waals surface area contributed by atoms with E-state index in [0.717, 1.165) is 11.1 Å². The number of nitrogens with zero attached hydrogens (tertiary/aromatic N) is 1. The van der Waals surface area contributed by atoms with Crippen LogP contribution in [0.5, 0.6) is 11.6 Å². The van der Waals surface area contributed by atoms with Gasteiger partial charge in [0.1, 0.15) is 17.3 Å². The van der Waals surface area contributed by atoms with Crippen LogP contribution in [0.25, 0.3) is 0 Å². The Labute approximate surface area is 139 Å². The first-order valence-electron chi connectivity index (χ1n) is 7.59. The molecule has 0 aliphatic rings. The molecule has 3 rings (SSSR count). The van der Waals surface area contributed by atoms with Gasteiger partial charge in [0.15, 0.2) is 5.78 Å². The number of hydrogen-bond acceptors (Lipinski definition) is 3. The Balaban J connectivity index is 1.74. The summed E-state index contributed by atoms with van der Waals surface area (Å²) in [6.07, 6.45) is 0.168. The predicted octanol–water partition coefficient (Wildman–Crippen LogP) is 4.75. The molecule has 0 radical (unpaired) electrons. The highest BCUT2D eigenvalue weighted by Crippen LogP contribution is 2.21. The van der Waals surface area contributed by atoms with Crippen LogP contribution in [0.2, 0.25) is 0 Å². The molecule has 0 aliphatic carbocycles. The number of carbonyl (C=O) groups is 1. The fourth-order valence-corrected chi connectivity index (χ4v) is 2.30. The number of ketones is 1. The van der Waals surface area contributed by atoms with E-state index in [9.17, 15) is 9.18 Å². The summed E-state index contributed by atoms with van der Waals surface area (Å²) < 4.78 is 18.6. The molecule has 4 heteroatoms. The molecule has 0 bridgehead atoms. The first kappa shape index (κ1) is 15.9. The molecule has 3 aromatic rings. The molecule has 1 heterocycles. The minimum Gasteiger partial charge on any atom is -0.439 e.